The van der Waals surface area contributed by atoms with Crippen LogP contribution in [-0.4, -0.2) is 79.9 Å². The van der Waals surface area contributed by atoms with E-state index in [0.717, 1.165) is 4.13 Å². The van der Waals surface area contributed by atoms with E-state index in [-0.39, 0.29) is 69.3 Å². The molecular weight excluding hydrogens is 1850 g/mol. The molecule has 0 aromatic carbocycles. The Bertz CT molecular complexity index is 3490. The summed E-state index contributed by atoms with van der Waals surface area (Å²) in [6, 6.07) is 0. The molecule has 0 amide bonds. The summed E-state index contributed by atoms with van der Waals surface area (Å²) in [6.07, 6.45) is 139. The molecule has 2 aliphatic rings. The predicted molar refractivity (Wildman–Crippen MR) is 553 cm³/mol. The molecule has 4 aromatic rings. The van der Waals surface area contributed by atoms with Crippen LogP contribution in [0.5, 0.6) is 0 Å². The van der Waals surface area contributed by atoms with Crippen LogP contribution in [0.3, 0.4) is 0 Å². The summed E-state index contributed by atoms with van der Waals surface area (Å²) in [6.45, 7) is 18.7. The van der Waals surface area contributed by atoms with E-state index in [1.54, 1.807) is 0 Å². The van der Waals surface area contributed by atoms with Gasteiger partial charge in [-0.05, 0) is 109 Å². The number of imidazole rings is 4. The minimum absolute atomic E-state index is 0. The number of sulfonamides is 4. The van der Waals surface area contributed by atoms with Gasteiger partial charge in [0.2, 0.25) is 25.3 Å². The molecule has 137 heavy (non-hydrogen) atoms. The molecule has 0 radical (unpaired) electrons. The van der Waals surface area contributed by atoms with E-state index in [9.17, 15) is 60.0 Å². The first-order valence-electron chi connectivity index (χ1n) is 56.5. The first kappa shape index (κ1) is 131. The van der Waals surface area contributed by atoms with Crippen molar-refractivity contribution in [1.82, 2.24) is 18.3 Å². The van der Waals surface area contributed by atoms with Crippen molar-refractivity contribution in [3.63, 3.8) is 0 Å². The fourth-order valence-electron chi connectivity index (χ4n) is 18.5. The Balaban J connectivity index is 0.000000725. The van der Waals surface area contributed by atoms with Crippen molar-refractivity contribution in [2.24, 2.45) is 0 Å². The third-order valence-corrected chi connectivity index (χ3v) is 34.1. The van der Waals surface area contributed by atoms with Crippen LogP contribution < -0.4 is 69.7 Å². The Morgan fingerprint density at radius 2 is 0.372 bits per heavy atom. The molecule has 6 heterocycles. The number of rotatable bonds is 88. The van der Waals surface area contributed by atoms with Crippen LogP contribution in [-0.2, 0) is 92.5 Å². The monoisotopic (exact) mass is 2050 g/mol. The van der Waals surface area contributed by atoms with E-state index >= 15 is 0 Å². The molecule has 6 rings (SSSR count). The number of aryl methyl sites for hydroxylation is 8. The summed E-state index contributed by atoms with van der Waals surface area (Å²) < 4.78 is 181. The van der Waals surface area contributed by atoms with E-state index < -0.39 is 56.5 Å². The summed E-state index contributed by atoms with van der Waals surface area (Å²) in [7, 11) is -20.5. The van der Waals surface area contributed by atoms with Gasteiger partial charge >= 0.3 is 67.8 Å². The second-order valence-corrected chi connectivity index (χ2v) is 47.6. The Labute approximate surface area is 878 Å². The van der Waals surface area contributed by atoms with Gasteiger partial charge in [-0.1, -0.05) is 426 Å². The van der Waals surface area contributed by atoms with E-state index in [1.807, 2.05) is 0 Å². The molecule has 2 fully saturated rings. The molecule has 2 saturated heterocycles. The van der Waals surface area contributed by atoms with Crippen molar-refractivity contribution in [2.45, 2.75) is 604 Å². The average Bonchev–Trinajstić information content (AvgIpc) is 1.41. The van der Waals surface area contributed by atoms with E-state index in [2.05, 4.69) is 143 Å². The van der Waals surface area contributed by atoms with Crippen LogP contribution in [0, 0.1) is 0 Å². The number of nitrogens with zero attached hydrogens (tertiary/aromatic N) is 10. The molecule has 4 aromatic heterocycles. The standard InChI is InChI=1S/2C51H98N4.C3F6NO4S2.C3H6NO4S2.K/c2*1-3-5-7-9-11-13-15-17-19-21-23-25-27-30-34-38-42-52-46-48-54(50-52)44-40-36-32-29-33-37-41-45-55-49-47-53(51-55)43-39-35-31-28-26-24-22-20-18-16-14-12-10-8-6-4-2;4-1(5)2(6,7)15(11,12)10-16(13,14)3(1,8)9;5-9(6)2-1-3-10(7,8)4-9;/h2*46-51H,3-45H2,1-2H3;;1-3H2;/q2*+2;2*-1;+1. The van der Waals surface area contributed by atoms with Crippen molar-refractivity contribution >= 4 is 40.1 Å². The molecular formula is C108H202F6KN10O8S4+3. The van der Waals surface area contributed by atoms with Gasteiger partial charge in [-0.3, -0.25) is 0 Å². The Kier molecular flexibility index (Phi) is 81.0. The van der Waals surface area contributed by atoms with Crippen molar-refractivity contribution in [2.75, 3.05) is 11.5 Å². The minimum Gasteiger partial charge on any atom is -0.436 e. The summed E-state index contributed by atoms with van der Waals surface area (Å²) >= 11 is 0. The summed E-state index contributed by atoms with van der Waals surface area (Å²) in [5.74, 6) is -6.89. The number of hydrogen-bond acceptors (Lipinski definition) is 8. The van der Waals surface area contributed by atoms with Gasteiger partial charge in [0.25, 0.3) is 0 Å². The van der Waals surface area contributed by atoms with Crippen LogP contribution in [0.15, 0.2) is 74.9 Å². The van der Waals surface area contributed by atoms with Gasteiger partial charge < -0.3 is 8.25 Å². The minimum atomic E-state index is -6.60. The third-order valence-electron chi connectivity index (χ3n) is 27.3. The Hall–Kier alpha value is -2.22. The van der Waals surface area contributed by atoms with Crippen molar-refractivity contribution in [3.8, 4) is 0 Å². The maximum atomic E-state index is 12.4. The quantitative estimate of drug-likeness (QED) is 0.0180. The molecule has 0 spiro atoms. The zero-order valence-corrected chi connectivity index (χ0v) is 94.4. The molecule has 0 aliphatic carbocycles. The number of halogens is 6. The Morgan fingerprint density at radius 1 is 0.226 bits per heavy atom. The van der Waals surface area contributed by atoms with Gasteiger partial charge in [0.05, 0.1) is 72.4 Å². The van der Waals surface area contributed by atoms with Crippen molar-refractivity contribution < 1.29 is 130 Å². The predicted octanol–water partition coefficient (Wildman–Crippen LogP) is 28.9. The van der Waals surface area contributed by atoms with Gasteiger partial charge in [-0.2, -0.15) is 26.3 Å². The second-order valence-electron chi connectivity index (χ2n) is 40.4. The van der Waals surface area contributed by atoms with Gasteiger partial charge in [0.15, 0.2) is 20.0 Å². The maximum Gasteiger partial charge on any atom is 1.00 e. The van der Waals surface area contributed by atoms with Crippen molar-refractivity contribution in [3.05, 3.63) is 83.1 Å². The molecule has 0 N–H and O–H groups in total. The SMILES string of the molecule is CCCCCCCCCCCCCCCCCCn1cc[n+](CCCCCCCCC[n+]2ccn(CCCCCCCCCCCCCCCCCC)c2)c1.CCCCCCCCCCCCCCCCCCn1cc[n+](CCCCCCCCC[n+]2ccn(CCCCCCCCCCCCCCCCCC)c2)c1.O=S1(=O)CCCS(=O)(=O)[N-]1.O=S1(=O)[N-]S(=O)(=O)C(F)(F)C(F)(F)C1(F)F.[K+]. The summed E-state index contributed by atoms with van der Waals surface area (Å²) in [4.78, 5) is 0. The molecule has 2 aliphatic heterocycles. The maximum absolute atomic E-state index is 12.4. The fourth-order valence-corrected chi connectivity index (χ4v) is 24.4. The summed E-state index contributed by atoms with van der Waals surface area (Å²) in [5.41, 5.74) is 0. The normalized spacial score (nSPS) is 15.4. The molecule has 0 saturated carbocycles. The van der Waals surface area contributed by atoms with E-state index in [1.165, 1.54) is 553 Å². The molecule has 18 nitrogen and oxygen atoms in total. The number of unbranched alkanes of at least 4 members (excludes halogenated alkanes) is 72. The zero-order chi connectivity index (χ0) is 99.0. The van der Waals surface area contributed by atoms with Gasteiger partial charge in [-0.25, -0.2) is 70.2 Å². The Morgan fingerprint density at radius 3 is 0.518 bits per heavy atom. The number of hydrogen-bond donors (Lipinski definition) is 0. The molecule has 0 atom stereocenters. The summed E-state index contributed by atoms with van der Waals surface area (Å²) in [5, 5.41) is -12.6. The van der Waals surface area contributed by atoms with Crippen LogP contribution in [0.1, 0.15) is 535 Å². The fraction of sp³-hybridized carbons (Fsp3) is 0.889. The topological polar surface area (TPSA) is 200 Å². The zero-order valence-electron chi connectivity index (χ0n) is 88.0. The van der Waals surface area contributed by atoms with Gasteiger partial charge in [0, 0.05) is 11.5 Å². The molecule has 796 valence electrons. The van der Waals surface area contributed by atoms with Crippen LogP contribution in [0.4, 0.5) is 26.3 Å². The van der Waals surface area contributed by atoms with E-state index in [4.69, 9.17) is 0 Å². The molecule has 0 unspecified atom stereocenters. The first-order valence-corrected chi connectivity index (χ1v) is 62.6. The number of aromatic nitrogens is 8. The van der Waals surface area contributed by atoms with Crippen LogP contribution in [0.25, 0.3) is 8.25 Å². The number of alkyl halides is 6. The van der Waals surface area contributed by atoms with Crippen molar-refractivity contribution in [1.29, 1.82) is 0 Å². The third kappa shape index (κ3) is 67.3. The first-order chi connectivity index (χ1) is 65.7. The second kappa shape index (κ2) is 84.8. The molecule has 0 bridgehead atoms. The largest absolute Gasteiger partial charge is 1.00 e. The van der Waals surface area contributed by atoms with E-state index in [0.29, 0.717) is 0 Å². The van der Waals surface area contributed by atoms with Crippen LogP contribution >= 0.6 is 0 Å². The van der Waals surface area contributed by atoms with Gasteiger partial charge in [0.1, 0.15) is 49.6 Å². The van der Waals surface area contributed by atoms with Gasteiger partial charge in [-0.15, -0.1) is 0 Å². The van der Waals surface area contributed by atoms with Crippen LogP contribution in [0.2, 0.25) is 0 Å². The average molecular weight is 2050 g/mol. The molecule has 29 heteroatoms. The smallest absolute Gasteiger partial charge is 0.436 e.